The van der Waals surface area contributed by atoms with Crippen LogP contribution in [0.2, 0.25) is 0 Å². The summed E-state index contributed by atoms with van der Waals surface area (Å²) in [6, 6.07) is 0. The molecule has 1 saturated carbocycles. The second-order valence-corrected chi connectivity index (χ2v) is 3.21. The summed E-state index contributed by atoms with van der Waals surface area (Å²) in [6.45, 7) is 6.22. The normalized spacial score (nSPS) is 29.0. The summed E-state index contributed by atoms with van der Waals surface area (Å²) in [5.74, 6) is 0.769. The molecule has 0 bridgehead atoms. The van der Waals surface area contributed by atoms with Crippen molar-refractivity contribution in [3.8, 4) is 0 Å². The molecule has 1 fully saturated rings. The van der Waals surface area contributed by atoms with E-state index in [0.29, 0.717) is 0 Å². The van der Waals surface area contributed by atoms with Crippen molar-refractivity contribution in [1.29, 1.82) is 0 Å². The Labute approximate surface area is 75.7 Å². The molecule has 1 rings (SSSR count). The highest BCUT2D eigenvalue weighted by atomic mass is 19.1. The van der Waals surface area contributed by atoms with E-state index in [1.54, 1.807) is 0 Å². The monoisotopic (exact) mass is 178 g/mol. The zero-order valence-corrected chi connectivity index (χ0v) is 8.57. The lowest BCUT2D eigenvalue weighted by Crippen LogP contribution is -1.96. The quantitative estimate of drug-likeness (QED) is 0.510. The van der Waals surface area contributed by atoms with Crippen molar-refractivity contribution >= 4 is 0 Å². The van der Waals surface area contributed by atoms with E-state index in [1.165, 1.54) is 6.42 Å². The van der Waals surface area contributed by atoms with Crippen LogP contribution in [0, 0.1) is 5.92 Å². The molecule has 2 unspecified atom stereocenters. The Balaban J connectivity index is 0. The standard InChI is InChI=1S/C8H15F.C2H6.H2O/c1-7-3-2-4-8(9)6-5-7;1-2;/h7-8H,2-6H2,1H3;1-2H3;1H2. The van der Waals surface area contributed by atoms with Gasteiger partial charge in [-0.2, -0.15) is 0 Å². The molecule has 1 aliphatic carbocycles. The summed E-state index contributed by atoms with van der Waals surface area (Å²) in [6.07, 6.45) is 4.56. The van der Waals surface area contributed by atoms with Gasteiger partial charge in [-0.15, -0.1) is 0 Å². The van der Waals surface area contributed by atoms with Crippen LogP contribution in [-0.4, -0.2) is 11.6 Å². The van der Waals surface area contributed by atoms with E-state index in [2.05, 4.69) is 6.92 Å². The molecule has 12 heavy (non-hydrogen) atoms. The van der Waals surface area contributed by atoms with Gasteiger partial charge in [0.2, 0.25) is 0 Å². The first kappa shape index (κ1) is 14.4. The Morgan fingerprint density at radius 1 is 1.00 bits per heavy atom. The van der Waals surface area contributed by atoms with E-state index in [0.717, 1.165) is 31.6 Å². The predicted molar refractivity (Wildman–Crippen MR) is 52.1 cm³/mol. The summed E-state index contributed by atoms with van der Waals surface area (Å²) in [7, 11) is 0. The Morgan fingerprint density at radius 2 is 1.58 bits per heavy atom. The van der Waals surface area contributed by atoms with Crippen LogP contribution in [0.4, 0.5) is 4.39 Å². The molecule has 0 aromatic rings. The summed E-state index contributed by atoms with van der Waals surface area (Å²) in [5, 5.41) is 0. The predicted octanol–water partition coefficient (Wildman–Crippen LogP) is 3.13. The molecular formula is C10H23FO. The van der Waals surface area contributed by atoms with Gasteiger partial charge < -0.3 is 5.48 Å². The fourth-order valence-corrected chi connectivity index (χ4v) is 1.44. The van der Waals surface area contributed by atoms with E-state index in [1.807, 2.05) is 13.8 Å². The molecule has 2 atom stereocenters. The van der Waals surface area contributed by atoms with Crippen LogP contribution in [0.1, 0.15) is 52.9 Å². The minimum absolute atomic E-state index is 0. The zero-order valence-electron chi connectivity index (χ0n) is 8.57. The van der Waals surface area contributed by atoms with Crippen LogP contribution in [0.25, 0.3) is 0 Å². The maximum absolute atomic E-state index is 12.6. The summed E-state index contributed by atoms with van der Waals surface area (Å²) < 4.78 is 12.6. The number of hydrogen-bond acceptors (Lipinski definition) is 0. The van der Waals surface area contributed by atoms with Crippen molar-refractivity contribution in [3.63, 3.8) is 0 Å². The number of rotatable bonds is 0. The van der Waals surface area contributed by atoms with Crippen molar-refractivity contribution in [2.75, 3.05) is 0 Å². The van der Waals surface area contributed by atoms with E-state index in [9.17, 15) is 4.39 Å². The highest BCUT2D eigenvalue weighted by Crippen LogP contribution is 2.23. The van der Waals surface area contributed by atoms with Gasteiger partial charge in [-0.25, -0.2) is 4.39 Å². The Bertz CT molecular complexity index is 75.9. The largest absolute Gasteiger partial charge is 0.412 e. The van der Waals surface area contributed by atoms with Crippen LogP contribution in [0.3, 0.4) is 0 Å². The Morgan fingerprint density at radius 3 is 2.17 bits per heavy atom. The van der Waals surface area contributed by atoms with Gasteiger partial charge in [0.25, 0.3) is 0 Å². The average Bonchev–Trinajstić information content (AvgIpc) is 2.20. The van der Waals surface area contributed by atoms with E-state index in [-0.39, 0.29) is 5.48 Å². The van der Waals surface area contributed by atoms with E-state index < -0.39 is 6.17 Å². The van der Waals surface area contributed by atoms with Gasteiger partial charge in [0, 0.05) is 0 Å². The molecule has 1 aliphatic rings. The van der Waals surface area contributed by atoms with Crippen molar-refractivity contribution in [1.82, 2.24) is 0 Å². The van der Waals surface area contributed by atoms with Crippen molar-refractivity contribution in [2.45, 2.75) is 59.0 Å². The van der Waals surface area contributed by atoms with Crippen LogP contribution < -0.4 is 0 Å². The molecule has 2 N–H and O–H groups in total. The van der Waals surface area contributed by atoms with Crippen LogP contribution >= 0.6 is 0 Å². The molecule has 0 aromatic carbocycles. The third-order valence-corrected chi connectivity index (χ3v) is 2.19. The van der Waals surface area contributed by atoms with Gasteiger partial charge >= 0.3 is 0 Å². The van der Waals surface area contributed by atoms with Gasteiger partial charge in [-0.1, -0.05) is 33.6 Å². The number of halogens is 1. The molecule has 76 valence electrons. The highest BCUT2D eigenvalue weighted by molar-refractivity contribution is 4.66. The molecule has 0 amide bonds. The summed E-state index contributed by atoms with van der Waals surface area (Å²) in [5.41, 5.74) is 0. The third-order valence-electron chi connectivity index (χ3n) is 2.19. The number of alkyl halides is 1. The van der Waals surface area contributed by atoms with Crippen LogP contribution in [0.15, 0.2) is 0 Å². The third kappa shape index (κ3) is 6.59. The molecule has 0 saturated heterocycles. The van der Waals surface area contributed by atoms with Gasteiger partial charge in [0.1, 0.15) is 6.17 Å². The minimum atomic E-state index is -0.491. The Hall–Kier alpha value is -0.110. The fourth-order valence-electron chi connectivity index (χ4n) is 1.44. The minimum Gasteiger partial charge on any atom is -0.412 e. The Kier molecular flexibility index (Phi) is 10.8. The SMILES string of the molecule is CC.CC1CCCC(F)CC1.O. The molecule has 1 nitrogen and oxygen atoms in total. The lowest BCUT2D eigenvalue weighted by Gasteiger charge is -2.03. The smallest absolute Gasteiger partial charge is 0.100 e. The van der Waals surface area contributed by atoms with Gasteiger partial charge in [-0.3, -0.25) is 0 Å². The van der Waals surface area contributed by atoms with Gasteiger partial charge in [0.15, 0.2) is 0 Å². The van der Waals surface area contributed by atoms with Crippen LogP contribution in [0.5, 0.6) is 0 Å². The summed E-state index contributed by atoms with van der Waals surface area (Å²) >= 11 is 0. The molecular weight excluding hydrogens is 155 g/mol. The molecule has 0 aromatic heterocycles. The molecule has 0 aliphatic heterocycles. The molecule has 2 heteroatoms. The zero-order chi connectivity index (χ0) is 8.69. The van der Waals surface area contributed by atoms with Crippen molar-refractivity contribution in [3.05, 3.63) is 0 Å². The van der Waals surface area contributed by atoms with Gasteiger partial charge in [-0.05, 0) is 25.2 Å². The topological polar surface area (TPSA) is 31.5 Å². The molecule has 0 spiro atoms. The van der Waals surface area contributed by atoms with E-state index >= 15 is 0 Å². The molecule has 0 heterocycles. The second-order valence-electron chi connectivity index (χ2n) is 3.21. The second kappa shape index (κ2) is 8.98. The van der Waals surface area contributed by atoms with Gasteiger partial charge in [0.05, 0.1) is 0 Å². The maximum Gasteiger partial charge on any atom is 0.100 e. The summed E-state index contributed by atoms with van der Waals surface area (Å²) in [4.78, 5) is 0. The first-order chi connectivity index (χ1) is 5.29. The van der Waals surface area contributed by atoms with Crippen molar-refractivity contribution in [2.24, 2.45) is 5.92 Å². The lowest BCUT2D eigenvalue weighted by atomic mass is 10.0. The number of hydrogen-bond donors (Lipinski definition) is 0. The van der Waals surface area contributed by atoms with E-state index in [4.69, 9.17) is 0 Å². The van der Waals surface area contributed by atoms with Crippen LogP contribution in [-0.2, 0) is 0 Å². The first-order valence-corrected chi connectivity index (χ1v) is 4.93. The maximum atomic E-state index is 12.6. The highest BCUT2D eigenvalue weighted by Gasteiger charge is 2.14. The molecule has 0 radical (unpaired) electrons. The fraction of sp³-hybridized carbons (Fsp3) is 1.00. The lowest BCUT2D eigenvalue weighted by molar-refractivity contribution is 0.298. The first-order valence-electron chi connectivity index (χ1n) is 4.93. The van der Waals surface area contributed by atoms with Crippen molar-refractivity contribution < 1.29 is 9.87 Å². The average molecular weight is 178 g/mol.